The standard InChI is InChI=1S/C18H22FNS/c1-3-12-20-14(2)16-6-10-18(11-7-16)21-13-15-4-8-17(19)9-5-15/h4-11,14,20H,3,12-13H2,1-2H3. The fourth-order valence-electron chi connectivity index (χ4n) is 2.08. The summed E-state index contributed by atoms with van der Waals surface area (Å²) in [5.41, 5.74) is 2.46. The van der Waals surface area contributed by atoms with Crippen molar-refractivity contribution in [3.05, 3.63) is 65.5 Å². The highest BCUT2D eigenvalue weighted by atomic mass is 32.2. The predicted octanol–water partition coefficient (Wildman–Crippen LogP) is 5.18. The number of hydrogen-bond donors (Lipinski definition) is 1. The Morgan fingerprint density at radius 3 is 2.33 bits per heavy atom. The van der Waals surface area contributed by atoms with E-state index in [1.165, 1.54) is 22.6 Å². The van der Waals surface area contributed by atoms with Gasteiger partial charge in [0.15, 0.2) is 0 Å². The summed E-state index contributed by atoms with van der Waals surface area (Å²) in [6.07, 6.45) is 1.15. The van der Waals surface area contributed by atoms with Gasteiger partial charge in [-0.15, -0.1) is 11.8 Å². The Labute approximate surface area is 131 Å². The first-order valence-electron chi connectivity index (χ1n) is 7.39. The number of nitrogens with one attached hydrogen (secondary N) is 1. The van der Waals surface area contributed by atoms with Crippen LogP contribution in [-0.4, -0.2) is 6.54 Å². The lowest BCUT2D eigenvalue weighted by Crippen LogP contribution is -2.19. The molecule has 1 unspecified atom stereocenters. The van der Waals surface area contributed by atoms with Crippen molar-refractivity contribution in [1.29, 1.82) is 0 Å². The van der Waals surface area contributed by atoms with Gasteiger partial charge in [-0.05, 0) is 55.3 Å². The number of thioether (sulfide) groups is 1. The molecule has 1 nitrogen and oxygen atoms in total. The first kappa shape index (κ1) is 16.1. The molecule has 0 aliphatic heterocycles. The molecule has 0 aliphatic rings. The van der Waals surface area contributed by atoms with E-state index in [0.29, 0.717) is 6.04 Å². The third-order valence-corrected chi connectivity index (χ3v) is 4.48. The number of benzene rings is 2. The minimum Gasteiger partial charge on any atom is -0.310 e. The maximum atomic E-state index is 12.8. The van der Waals surface area contributed by atoms with Crippen molar-refractivity contribution in [2.45, 2.75) is 37.0 Å². The van der Waals surface area contributed by atoms with E-state index in [9.17, 15) is 4.39 Å². The summed E-state index contributed by atoms with van der Waals surface area (Å²) in [6.45, 7) is 5.41. The Morgan fingerprint density at radius 2 is 1.71 bits per heavy atom. The van der Waals surface area contributed by atoms with Crippen LogP contribution in [0.3, 0.4) is 0 Å². The highest BCUT2D eigenvalue weighted by Gasteiger charge is 2.04. The Kier molecular flexibility index (Phi) is 6.27. The highest BCUT2D eigenvalue weighted by molar-refractivity contribution is 7.98. The lowest BCUT2D eigenvalue weighted by molar-refractivity contribution is 0.570. The average Bonchev–Trinajstić information content (AvgIpc) is 2.52. The zero-order valence-corrected chi connectivity index (χ0v) is 13.4. The summed E-state index contributed by atoms with van der Waals surface area (Å²) < 4.78 is 12.8. The van der Waals surface area contributed by atoms with Gasteiger partial charge in [0.25, 0.3) is 0 Å². The van der Waals surface area contributed by atoms with Gasteiger partial charge in [0, 0.05) is 16.7 Å². The normalized spacial score (nSPS) is 12.3. The maximum absolute atomic E-state index is 12.8. The lowest BCUT2D eigenvalue weighted by Gasteiger charge is -2.14. The predicted molar refractivity (Wildman–Crippen MR) is 89.1 cm³/mol. The lowest BCUT2D eigenvalue weighted by atomic mass is 10.1. The molecular weight excluding hydrogens is 281 g/mol. The van der Waals surface area contributed by atoms with Crippen molar-refractivity contribution >= 4 is 11.8 Å². The van der Waals surface area contributed by atoms with Gasteiger partial charge in [-0.2, -0.15) is 0 Å². The molecule has 0 fully saturated rings. The molecule has 2 aromatic carbocycles. The molecule has 2 aromatic rings. The Morgan fingerprint density at radius 1 is 1.05 bits per heavy atom. The van der Waals surface area contributed by atoms with Crippen LogP contribution in [0, 0.1) is 5.82 Å². The van der Waals surface area contributed by atoms with Gasteiger partial charge in [-0.1, -0.05) is 31.2 Å². The molecule has 21 heavy (non-hydrogen) atoms. The summed E-state index contributed by atoms with van der Waals surface area (Å²) >= 11 is 1.77. The van der Waals surface area contributed by atoms with Crippen LogP contribution >= 0.6 is 11.8 Å². The molecule has 0 saturated heterocycles. The van der Waals surface area contributed by atoms with Gasteiger partial charge in [0.2, 0.25) is 0 Å². The molecule has 1 N–H and O–H groups in total. The first-order chi connectivity index (χ1) is 10.2. The average molecular weight is 303 g/mol. The second kappa shape index (κ2) is 8.20. The molecule has 0 saturated carbocycles. The molecule has 0 amide bonds. The van der Waals surface area contributed by atoms with Crippen LogP contribution in [0.5, 0.6) is 0 Å². The molecular formula is C18H22FNS. The highest BCUT2D eigenvalue weighted by Crippen LogP contribution is 2.24. The second-order valence-corrected chi connectivity index (χ2v) is 6.21. The third-order valence-electron chi connectivity index (χ3n) is 3.40. The van der Waals surface area contributed by atoms with Crippen molar-refractivity contribution in [3.8, 4) is 0 Å². The van der Waals surface area contributed by atoms with E-state index in [-0.39, 0.29) is 5.82 Å². The summed E-state index contributed by atoms with van der Waals surface area (Å²) in [6, 6.07) is 15.8. The van der Waals surface area contributed by atoms with Crippen molar-refractivity contribution in [2.75, 3.05) is 6.54 Å². The van der Waals surface area contributed by atoms with E-state index in [1.54, 1.807) is 11.8 Å². The first-order valence-corrected chi connectivity index (χ1v) is 8.38. The fraction of sp³-hybridized carbons (Fsp3) is 0.333. The van der Waals surface area contributed by atoms with E-state index in [2.05, 4.69) is 43.4 Å². The Bertz CT molecular complexity index is 536. The fourth-order valence-corrected chi connectivity index (χ4v) is 2.93. The summed E-state index contributed by atoms with van der Waals surface area (Å²) in [7, 11) is 0. The van der Waals surface area contributed by atoms with Crippen LogP contribution in [-0.2, 0) is 5.75 Å². The van der Waals surface area contributed by atoms with Gasteiger partial charge in [-0.25, -0.2) is 4.39 Å². The van der Waals surface area contributed by atoms with Crippen LogP contribution in [0.2, 0.25) is 0 Å². The van der Waals surface area contributed by atoms with Crippen LogP contribution in [0.1, 0.15) is 37.4 Å². The number of halogens is 1. The molecule has 0 radical (unpaired) electrons. The quantitative estimate of drug-likeness (QED) is 0.707. The largest absolute Gasteiger partial charge is 0.310 e. The SMILES string of the molecule is CCCNC(C)c1ccc(SCc2ccc(F)cc2)cc1. The van der Waals surface area contributed by atoms with Crippen LogP contribution < -0.4 is 5.32 Å². The molecule has 0 heterocycles. The van der Waals surface area contributed by atoms with Gasteiger partial charge >= 0.3 is 0 Å². The summed E-state index contributed by atoms with van der Waals surface area (Å²) in [4.78, 5) is 1.24. The smallest absolute Gasteiger partial charge is 0.123 e. The molecule has 0 aliphatic carbocycles. The third kappa shape index (κ3) is 5.18. The van der Waals surface area contributed by atoms with Crippen molar-refractivity contribution in [3.63, 3.8) is 0 Å². The molecule has 3 heteroatoms. The molecule has 2 rings (SSSR count). The molecule has 112 valence electrons. The topological polar surface area (TPSA) is 12.0 Å². The van der Waals surface area contributed by atoms with Crippen LogP contribution in [0.15, 0.2) is 53.4 Å². The van der Waals surface area contributed by atoms with E-state index in [1.807, 2.05) is 12.1 Å². The van der Waals surface area contributed by atoms with Gasteiger partial charge in [0.1, 0.15) is 5.82 Å². The Balaban J connectivity index is 1.88. The minimum atomic E-state index is -0.179. The van der Waals surface area contributed by atoms with Crippen molar-refractivity contribution in [1.82, 2.24) is 5.32 Å². The van der Waals surface area contributed by atoms with E-state index >= 15 is 0 Å². The molecule has 0 bridgehead atoms. The zero-order chi connectivity index (χ0) is 15.1. The van der Waals surface area contributed by atoms with Crippen LogP contribution in [0.25, 0.3) is 0 Å². The van der Waals surface area contributed by atoms with E-state index in [0.717, 1.165) is 24.3 Å². The van der Waals surface area contributed by atoms with Gasteiger partial charge < -0.3 is 5.32 Å². The van der Waals surface area contributed by atoms with Crippen LogP contribution in [0.4, 0.5) is 4.39 Å². The molecule has 0 spiro atoms. The van der Waals surface area contributed by atoms with Gasteiger partial charge in [0.05, 0.1) is 0 Å². The van der Waals surface area contributed by atoms with Crippen molar-refractivity contribution < 1.29 is 4.39 Å². The zero-order valence-electron chi connectivity index (χ0n) is 12.6. The molecule has 0 aromatic heterocycles. The maximum Gasteiger partial charge on any atom is 0.123 e. The monoisotopic (exact) mass is 303 g/mol. The van der Waals surface area contributed by atoms with Gasteiger partial charge in [-0.3, -0.25) is 0 Å². The van der Waals surface area contributed by atoms with Crippen molar-refractivity contribution in [2.24, 2.45) is 0 Å². The number of hydrogen-bond acceptors (Lipinski definition) is 2. The molecule has 1 atom stereocenters. The summed E-state index contributed by atoms with van der Waals surface area (Å²) in [5.74, 6) is 0.685. The van der Waals surface area contributed by atoms with E-state index < -0.39 is 0 Å². The second-order valence-electron chi connectivity index (χ2n) is 5.16. The minimum absolute atomic E-state index is 0.179. The van der Waals surface area contributed by atoms with E-state index in [4.69, 9.17) is 0 Å². The number of rotatable bonds is 7. The Hall–Kier alpha value is -1.32. The summed E-state index contributed by atoms with van der Waals surface area (Å²) in [5, 5.41) is 3.49.